The first kappa shape index (κ1) is 15.4. The average molecular weight is 312 g/mol. The molecule has 1 fully saturated rings. The molecule has 0 unspecified atom stereocenters. The van der Waals surface area contributed by atoms with Crippen LogP contribution in [0.25, 0.3) is 0 Å². The van der Waals surface area contributed by atoms with Crippen molar-refractivity contribution >= 4 is 27.4 Å². The largest absolute Gasteiger partial charge is 0.384 e. The van der Waals surface area contributed by atoms with Gasteiger partial charge >= 0.3 is 0 Å². The Morgan fingerprint density at radius 3 is 2.40 bits per heavy atom. The van der Waals surface area contributed by atoms with E-state index < -0.39 is 9.84 Å². The van der Waals surface area contributed by atoms with Gasteiger partial charge in [0.25, 0.3) is 0 Å². The molecular weight excluding hydrogens is 292 g/mol. The quantitative estimate of drug-likeness (QED) is 0.624. The molecule has 110 valence electrons. The van der Waals surface area contributed by atoms with Gasteiger partial charge in [-0.15, -0.1) is 0 Å². The maximum atomic E-state index is 12.2. The van der Waals surface area contributed by atoms with Gasteiger partial charge in [0.05, 0.1) is 10.6 Å². The monoisotopic (exact) mass is 312 g/mol. The number of nitrogens with one attached hydrogen (secondary N) is 1. The summed E-state index contributed by atoms with van der Waals surface area (Å²) < 4.78 is 24.4. The van der Waals surface area contributed by atoms with Crippen molar-refractivity contribution in [3.63, 3.8) is 0 Å². The number of thioether (sulfide) groups is 1. The maximum absolute atomic E-state index is 12.2. The first-order valence-corrected chi connectivity index (χ1v) is 9.48. The highest BCUT2D eigenvalue weighted by Crippen LogP contribution is 2.29. The average Bonchev–Trinajstić information content (AvgIpc) is 2.92. The fourth-order valence-corrected chi connectivity index (χ4v) is 5.39. The van der Waals surface area contributed by atoms with Crippen molar-refractivity contribution in [1.82, 2.24) is 0 Å². The van der Waals surface area contributed by atoms with E-state index in [9.17, 15) is 8.42 Å². The molecule has 0 spiro atoms. The Hall–Kier alpha value is -1.01. The van der Waals surface area contributed by atoms with Crippen LogP contribution >= 0.6 is 11.8 Å². The second-order valence-corrected chi connectivity index (χ2v) is 8.55. The van der Waals surface area contributed by atoms with Gasteiger partial charge in [-0.1, -0.05) is 25.0 Å². The van der Waals surface area contributed by atoms with Crippen LogP contribution in [0.15, 0.2) is 29.2 Å². The topological polar surface area (TPSA) is 84.0 Å². The van der Waals surface area contributed by atoms with E-state index >= 15 is 0 Å². The van der Waals surface area contributed by atoms with E-state index in [1.165, 1.54) is 37.8 Å². The summed E-state index contributed by atoms with van der Waals surface area (Å²) in [5.74, 6) is 0.778. The highest BCUT2D eigenvalue weighted by atomic mass is 32.2. The third-order valence-corrected chi connectivity index (χ3v) is 6.91. The Kier molecular flexibility index (Phi) is 5.10. The van der Waals surface area contributed by atoms with E-state index in [0.717, 1.165) is 0 Å². The maximum Gasteiger partial charge on any atom is 0.179 e. The number of hydrogen-bond donors (Lipinski definition) is 2. The summed E-state index contributed by atoms with van der Waals surface area (Å²) in [6, 6.07) is 6.23. The SMILES string of the molecule is N=C(N)c1ccc(S(=O)(=O)CCSC2CCCC2)cc1. The summed E-state index contributed by atoms with van der Waals surface area (Å²) in [6.45, 7) is 0. The fraction of sp³-hybridized carbons (Fsp3) is 0.500. The van der Waals surface area contributed by atoms with E-state index in [2.05, 4.69) is 0 Å². The molecule has 0 radical (unpaired) electrons. The number of benzene rings is 1. The molecule has 0 amide bonds. The molecule has 0 saturated heterocycles. The van der Waals surface area contributed by atoms with Gasteiger partial charge in [0.1, 0.15) is 5.84 Å². The van der Waals surface area contributed by atoms with Crippen molar-refractivity contribution < 1.29 is 8.42 Å². The minimum Gasteiger partial charge on any atom is -0.384 e. The minimum atomic E-state index is -3.23. The Bertz CT molecular complexity index is 561. The van der Waals surface area contributed by atoms with E-state index in [4.69, 9.17) is 11.1 Å². The third-order valence-electron chi connectivity index (χ3n) is 3.53. The van der Waals surface area contributed by atoms with E-state index in [0.29, 0.717) is 21.5 Å². The van der Waals surface area contributed by atoms with Gasteiger partial charge in [0.15, 0.2) is 9.84 Å². The first-order valence-electron chi connectivity index (χ1n) is 6.78. The van der Waals surface area contributed by atoms with Crippen molar-refractivity contribution in [3.05, 3.63) is 29.8 Å². The molecule has 4 nitrogen and oxygen atoms in total. The summed E-state index contributed by atoms with van der Waals surface area (Å²) >= 11 is 1.78. The van der Waals surface area contributed by atoms with Crippen molar-refractivity contribution in [2.45, 2.75) is 35.8 Å². The molecule has 6 heteroatoms. The lowest BCUT2D eigenvalue weighted by atomic mass is 10.2. The zero-order chi connectivity index (χ0) is 14.6. The lowest BCUT2D eigenvalue weighted by Crippen LogP contribution is -2.13. The third kappa shape index (κ3) is 3.99. The zero-order valence-electron chi connectivity index (χ0n) is 11.3. The molecule has 1 aromatic carbocycles. The molecule has 20 heavy (non-hydrogen) atoms. The predicted octanol–water partition coefficient (Wildman–Crippen LogP) is 2.42. The van der Waals surface area contributed by atoms with Gasteiger partial charge in [-0.2, -0.15) is 11.8 Å². The minimum absolute atomic E-state index is 0.0502. The van der Waals surface area contributed by atoms with Crippen LogP contribution in [0, 0.1) is 5.41 Å². The number of sulfone groups is 1. The molecule has 1 saturated carbocycles. The van der Waals surface area contributed by atoms with Crippen molar-refractivity contribution in [2.24, 2.45) is 5.73 Å². The van der Waals surface area contributed by atoms with Crippen LogP contribution in [-0.4, -0.2) is 31.0 Å². The molecule has 0 aromatic heterocycles. The number of amidine groups is 1. The Morgan fingerprint density at radius 1 is 1.25 bits per heavy atom. The summed E-state index contributed by atoms with van der Waals surface area (Å²) in [5.41, 5.74) is 5.90. The summed E-state index contributed by atoms with van der Waals surface area (Å²) in [5, 5.41) is 7.94. The number of hydrogen-bond acceptors (Lipinski definition) is 4. The summed E-state index contributed by atoms with van der Waals surface area (Å²) in [6.07, 6.45) is 4.99. The van der Waals surface area contributed by atoms with Gasteiger partial charge in [-0.05, 0) is 25.0 Å². The molecule has 1 aromatic rings. The molecule has 0 atom stereocenters. The van der Waals surface area contributed by atoms with Crippen molar-refractivity contribution in [1.29, 1.82) is 5.41 Å². The molecule has 1 aliphatic carbocycles. The molecule has 1 aliphatic rings. The Labute approximate surface area is 124 Å². The molecule has 2 rings (SSSR count). The number of nitrogens with two attached hydrogens (primary N) is 1. The van der Waals surface area contributed by atoms with Crippen LogP contribution in [0.4, 0.5) is 0 Å². The molecule has 3 N–H and O–H groups in total. The second-order valence-electron chi connectivity index (χ2n) is 5.03. The van der Waals surface area contributed by atoms with Crippen molar-refractivity contribution in [2.75, 3.05) is 11.5 Å². The smallest absolute Gasteiger partial charge is 0.179 e. The number of rotatable bonds is 6. The fourth-order valence-electron chi connectivity index (χ4n) is 2.34. The Morgan fingerprint density at radius 2 is 1.85 bits per heavy atom. The molecule has 0 bridgehead atoms. The van der Waals surface area contributed by atoms with E-state index in [1.54, 1.807) is 23.9 Å². The van der Waals surface area contributed by atoms with Crippen LogP contribution < -0.4 is 5.73 Å². The van der Waals surface area contributed by atoms with Crippen LogP contribution in [0.1, 0.15) is 31.2 Å². The molecular formula is C14H20N2O2S2. The highest BCUT2D eigenvalue weighted by Gasteiger charge is 2.18. The van der Waals surface area contributed by atoms with Crippen molar-refractivity contribution in [3.8, 4) is 0 Å². The molecule has 0 heterocycles. The van der Waals surface area contributed by atoms with E-state index in [1.807, 2.05) is 0 Å². The lowest BCUT2D eigenvalue weighted by Gasteiger charge is -2.09. The normalized spacial score (nSPS) is 16.4. The number of nitrogen functional groups attached to an aromatic ring is 1. The Balaban J connectivity index is 1.93. The first-order chi connectivity index (χ1) is 9.49. The van der Waals surface area contributed by atoms with Crippen LogP contribution in [0.5, 0.6) is 0 Å². The summed E-state index contributed by atoms with van der Waals surface area (Å²) in [4.78, 5) is 0.314. The highest BCUT2D eigenvalue weighted by molar-refractivity contribution is 8.01. The van der Waals surface area contributed by atoms with Gasteiger partial charge in [-0.3, -0.25) is 5.41 Å². The van der Waals surface area contributed by atoms with Gasteiger partial charge in [0, 0.05) is 16.6 Å². The predicted molar refractivity (Wildman–Crippen MR) is 84.2 cm³/mol. The molecule has 0 aliphatic heterocycles. The van der Waals surface area contributed by atoms with Crippen LogP contribution in [-0.2, 0) is 9.84 Å². The van der Waals surface area contributed by atoms with Gasteiger partial charge < -0.3 is 5.73 Å². The standard InChI is InChI=1S/C14H20N2O2S2/c15-14(16)11-5-7-13(8-6-11)20(17,18)10-9-19-12-3-1-2-4-12/h5-8,12H,1-4,9-10H2,(H3,15,16). The zero-order valence-corrected chi connectivity index (χ0v) is 13.0. The van der Waals surface area contributed by atoms with E-state index in [-0.39, 0.29) is 11.6 Å². The summed E-state index contributed by atoms with van der Waals surface area (Å²) in [7, 11) is -3.23. The van der Waals surface area contributed by atoms with Gasteiger partial charge in [0.2, 0.25) is 0 Å². The van der Waals surface area contributed by atoms with Gasteiger partial charge in [-0.25, -0.2) is 8.42 Å². The van der Waals surface area contributed by atoms with Crippen LogP contribution in [0.2, 0.25) is 0 Å². The lowest BCUT2D eigenvalue weighted by molar-refractivity contribution is 0.597. The second kappa shape index (κ2) is 6.63. The van der Waals surface area contributed by atoms with Crippen LogP contribution in [0.3, 0.4) is 0 Å².